The Hall–Kier alpha value is -2.04. The van der Waals surface area contributed by atoms with Crippen LogP contribution in [0, 0.1) is 6.92 Å². The summed E-state index contributed by atoms with van der Waals surface area (Å²) in [6, 6.07) is 6.19. The molecule has 0 N–H and O–H groups in total. The molecule has 1 saturated heterocycles. The number of likely N-dealkylation sites (tertiary alicyclic amines) is 1. The first-order valence-electron chi connectivity index (χ1n) is 8.77. The largest absolute Gasteiger partial charge is 0.444 e. The Labute approximate surface area is 143 Å². The Bertz CT molecular complexity index is 730. The minimum atomic E-state index is -0.460. The summed E-state index contributed by atoms with van der Waals surface area (Å²) >= 11 is 0. The van der Waals surface area contributed by atoms with Gasteiger partial charge < -0.3 is 14.0 Å². The summed E-state index contributed by atoms with van der Waals surface area (Å²) in [4.78, 5) is 19.2. The van der Waals surface area contributed by atoms with Crippen molar-refractivity contribution in [3.05, 3.63) is 35.8 Å². The van der Waals surface area contributed by atoms with Gasteiger partial charge in [-0.15, -0.1) is 0 Å². The van der Waals surface area contributed by atoms with Gasteiger partial charge in [0.2, 0.25) is 0 Å². The molecule has 3 heterocycles. The molecule has 0 saturated carbocycles. The number of hydrogen-bond acceptors (Lipinski definition) is 3. The van der Waals surface area contributed by atoms with Crippen LogP contribution in [0.3, 0.4) is 0 Å². The maximum atomic E-state index is 12.5. The fraction of sp³-hybridized carbons (Fsp3) is 0.579. The van der Waals surface area contributed by atoms with Crippen molar-refractivity contribution >= 4 is 11.7 Å². The third-order valence-electron chi connectivity index (χ3n) is 4.55. The number of amides is 1. The maximum absolute atomic E-state index is 12.5. The van der Waals surface area contributed by atoms with Crippen LogP contribution in [-0.4, -0.2) is 38.6 Å². The van der Waals surface area contributed by atoms with E-state index in [0.29, 0.717) is 0 Å². The molecule has 5 nitrogen and oxygen atoms in total. The van der Waals surface area contributed by atoms with E-state index in [-0.39, 0.29) is 12.1 Å². The molecule has 0 unspecified atom stereocenters. The standard InChI is InChI=1S/C19H27N3O2/c1-14-16(20-17-10-6-8-11-21(14)17)13-15-9-5-7-12-22(15)18(23)24-19(2,3)4/h6,8,10-11,15H,5,7,9,12-13H2,1-4H3/t15-/m0/s1. The second-order valence-corrected chi connectivity index (χ2v) is 7.60. The first-order chi connectivity index (χ1) is 11.3. The van der Waals surface area contributed by atoms with Crippen molar-refractivity contribution in [1.82, 2.24) is 14.3 Å². The molecule has 0 aliphatic carbocycles. The van der Waals surface area contributed by atoms with Gasteiger partial charge in [0.1, 0.15) is 11.2 Å². The second kappa shape index (κ2) is 6.46. The lowest BCUT2D eigenvalue weighted by Crippen LogP contribution is -2.47. The summed E-state index contributed by atoms with van der Waals surface area (Å²) < 4.78 is 7.70. The van der Waals surface area contributed by atoms with Crippen LogP contribution in [-0.2, 0) is 11.2 Å². The van der Waals surface area contributed by atoms with E-state index < -0.39 is 5.60 Å². The van der Waals surface area contributed by atoms with Crippen molar-refractivity contribution < 1.29 is 9.53 Å². The molecular weight excluding hydrogens is 302 g/mol. The highest BCUT2D eigenvalue weighted by Gasteiger charge is 2.31. The van der Waals surface area contributed by atoms with Crippen LogP contribution in [0.25, 0.3) is 5.65 Å². The fourth-order valence-electron chi connectivity index (χ4n) is 3.36. The van der Waals surface area contributed by atoms with Gasteiger partial charge in [-0.05, 0) is 59.1 Å². The van der Waals surface area contributed by atoms with Gasteiger partial charge in [-0.3, -0.25) is 0 Å². The third-order valence-corrected chi connectivity index (χ3v) is 4.55. The van der Waals surface area contributed by atoms with Gasteiger partial charge in [0.05, 0.1) is 5.69 Å². The molecule has 0 spiro atoms. The zero-order chi connectivity index (χ0) is 17.3. The predicted octanol–water partition coefficient (Wildman–Crippen LogP) is 3.97. The van der Waals surface area contributed by atoms with Crippen LogP contribution < -0.4 is 0 Å². The van der Waals surface area contributed by atoms with E-state index in [2.05, 4.69) is 11.3 Å². The van der Waals surface area contributed by atoms with E-state index in [1.807, 2.05) is 50.1 Å². The van der Waals surface area contributed by atoms with E-state index in [9.17, 15) is 4.79 Å². The van der Waals surface area contributed by atoms with Gasteiger partial charge in [-0.1, -0.05) is 6.07 Å². The minimum Gasteiger partial charge on any atom is -0.444 e. The summed E-state index contributed by atoms with van der Waals surface area (Å²) in [6.07, 6.45) is 5.82. The smallest absolute Gasteiger partial charge is 0.410 e. The average Bonchev–Trinajstić information content (AvgIpc) is 2.83. The number of fused-ring (bicyclic) bond motifs is 1. The number of ether oxygens (including phenoxy) is 1. The van der Waals surface area contributed by atoms with Gasteiger partial charge in [0, 0.05) is 30.9 Å². The van der Waals surface area contributed by atoms with Crippen LogP contribution in [0.1, 0.15) is 51.4 Å². The average molecular weight is 329 g/mol. The fourth-order valence-corrected chi connectivity index (χ4v) is 3.36. The number of rotatable bonds is 2. The molecule has 1 aliphatic heterocycles. The molecule has 0 aromatic carbocycles. The summed E-state index contributed by atoms with van der Waals surface area (Å²) in [6.45, 7) is 8.60. The number of aryl methyl sites for hydroxylation is 1. The number of imidazole rings is 1. The Balaban J connectivity index is 1.80. The van der Waals surface area contributed by atoms with Gasteiger partial charge in [0.25, 0.3) is 0 Å². The highest BCUT2D eigenvalue weighted by Crippen LogP contribution is 2.24. The molecule has 0 radical (unpaired) electrons. The molecule has 0 bridgehead atoms. The van der Waals surface area contributed by atoms with E-state index in [0.717, 1.165) is 49.3 Å². The number of carbonyl (C=O) groups excluding carboxylic acids is 1. The molecule has 3 rings (SSSR count). The van der Waals surface area contributed by atoms with Crippen LogP contribution in [0.5, 0.6) is 0 Å². The molecule has 130 valence electrons. The number of carbonyl (C=O) groups is 1. The van der Waals surface area contributed by atoms with Gasteiger partial charge in [-0.2, -0.15) is 0 Å². The lowest BCUT2D eigenvalue weighted by Gasteiger charge is -2.36. The maximum Gasteiger partial charge on any atom is 0.410 e. The summed E-state index contributed by atoms with van der Waals surface area (Å²) in [5.74, 6) is 0. The number of aromatic nitrogens is 2. The van der Waals surface area contributed by atoms with E-state index >= 15 is 0 Å². The Kier molecular flexibility index (Phi) is 4.52. The number of hydrogen-bond donors (Lipinski definition) is 0. The zero-order valence-corrected chi connectivity index (χ0v) is 15.1. The van der Waals surface area contributed by atoms with Crippen LogP contribution >= 0.6 is 0 Å². The minimum absolute atomic E-state index is 0.164. The van der Waals surface area contributed by atoms with Gasteiger partial charge >= 0.3 is 6.09 Å². The number of nitrogens with zero attached hydrogens (tertiary/aromatic N) is 3. The van der Waals surface area contributed by atoms with Crippen molar-refractivity contribution in [1.29, 1.82) is 0 Å². The van der Waals surface area contributed by atoms with Crippen molar-refractivity contribution in [2.75, 3.05) is 6.54 Å². The number of pyridine rings is 1. The zero-order valence-electron chi connectivity index (χ0n) is 15.1. The molecule has 2 aromatic rings. The Morgan fingerprint density at radius 3 is 2.83 bits per heavy atom. The molecule has 24 heavy (non-hydrogen) atoms. The lowest BCUT2D eigenvalue weighted by molar-refractivity contribution is 0.00984. The topological polar surface area (TPSA) is 46.8 Å². The summed E-state index contributed by atoms with van der Waals surface area (Å²) in [7, 11) is 0. The van der Waals surface area contributed by atoms with E-state index in [1.165, 1.54) is 0 Å². The first kappa shape index (κ1) is 16.8. The first-order valence-corrected chi connectivity index (χ1v) is 8.77. The predicted molar refractivity (Wildman–Crippen MR) is 94.2 cm³/mol. The normalized spacial score (nSPS) is 18.8. The van der Waals surface area contributed by atoms with E-state index in [1.54, 1.807) is 0 Å². The quantitative estimate of drug-likeness (QED) is 0.837. The molecule has 1 aliphatic rings. The highest BCUT2D eigenvalue weighted by atomic mass is 16.6. The van der Waals surface area contributed by atoms with Crippen molar-refractivity contribution in [2.45, 2.75) is 65.0 Å². The van der Waals surface area contributed by atoms with Crippen molar-refractivity contribution in [3.8, 4) is 0 Å². The van der Waals surface area contributed by atoms with E-state index in [4.69, 9.17) is 9.72 Å². The molecule has 1 amide bonds. The molecule has 2 aromatic heterocycles. The summed E-state index contributed by atoms with van der Waals surface area (Å²) in [5.41, 5.74) is 2.73. The van der Waals surface area contributed by atoms with Crippen molar-refractivity contribution in [3.63, 3.8) is 0 Å². The Morgan fingerprint density at radius 2 is 2.12 bits per heavy atom. The van der Waals surface area contributed by atoms with Crippen LogP contribution in [0.4, 0.5) is 4.79 Å². The lowest BCUT2D eigenvalue weighted by atomic mass is 9.98. The van der Waals surface area contributed by atoms with Gasteiger partial charge in [0.15, 0.2) is 0 Å². The molecule has 1 fully saturated rings. The number of piperidine rings is 1. The SMILES string of the molecule is Cc1c(C[C@@H]2CCCCN2C(=O)OC(C)(C)C)nc2ccccn12. The van der Waals surface area contributed by atoms with Crippen LogP contribution in [0.15, 0.2) is 24.4 Å². The third kappa shape index (κ3) is 3.55. The highest BCUT2D eigenvalue weighted by molar-refractivity contribution is 5.68. The van der Waals surface area contributed by atoms with Crippen LogP contribution in [0.2, 0.25) is 0 Å². The molecule has 5 heteroatoms. The Morgan fingerprint density at radius 1 is 1.33 bits per heavy atom. The summed E-state index contributed by atoms with van der Waals surface area (Å²) in [5, 5.41) is 0. The molecular formula is C19H27N3O2. The van der Waals surface area contributed by atoms with Crippen molar-refractivity contribution in [2.24, 2.45) is 0 Å². The van der Waals surface area contributed by atoms with Gasteiger partial charge in [-0.25, -0.2) is 9.78 Å². The second-order valence-electron chi connectivity index (χ2n) is 7.60. The molecule has 1 atom stereocenters. The monoisotopic (exact) mass is 329 g/mol.